The molecule has 1 unspecified atom stereocenters. The maximum atomic E-state index is 12.9. The van der Waals surface area contributed by atoms with Crippen molar-refractivity contribution in [1.82, 2.24) is 15.1 Å². The standard InChI is InChI=1S/C15H19F3N4O4/c1-2-14(26,15(16,17)18)9-12(23)22-7-5-21(6-8-22)11-4-3-10(13(24)25)19-20-11/h3-4,26H,2,5-9H2,1H3,(H,24,25). The Morgan fingerprint density at radius 1 is 1.15 bits per heavy atom. The number of halogens is 3. The van der Waals surface area contributed by atoms with Gasteiger partial charge in [-0.2, -0.15) is 13.2 Å². The summed E-state index contributed by atoms with van der Waals surface area (Å²) in [4.78, 5) is 25.9. The van der Waals surface area contributed by atoms with Gasteiger partial charge in [0, 0.05) is 26.2 Å². The van der Waals surface area contributed by atoms with Crippen LogP contribution in [0, 0.1) is 0 Å². The summed E-state index contributed by atoms with van der Waals surface area (Å²) in [7, 11) is 0. The first-order valence-electron chi connectivity index (χ1n) is 7.96. The molecule has 0 spiro atoms. The van der Waals surface area contributed by atoms with Crippen LogP contribution in [-0.4, -0.2) is 75.1 Å². The van der Waals surface area contributed by atoms with Gasteiger partial charge in [0.15, 0.2) is 17.1 Å². The first kappa shape index (κ1) is 19.9. The van der Waals surface area contributed by atoms with E-state index in [0.717, 1.165) is 0 Å². The van der Waals surface area contributed by atoms with Crippen LogP contribution in [0.3, 0.4) is 0 Å². The van der Waals surface area contributed by atoms with Crippen molar-refractivity contribution in [2.24, 2.45) is 0 Å². The van der Waals surface area contributed by atoms with E-state index >= 15 is 0 Å². The molecule has 0 aliphatic carbocycles. The summed E-state index contributed by atoms with van der Waals surface area (Å²) in [5.41, 5.74) is -3.23. The van der Waals surface area contributed by atoms with Crippen molar-refractivity contribution in [3.63, 3.8) is 0 Å². The number of aromatic nitrogens is 2. The normalized spacial score (nSPS) is 17.7. The summed E-state index contributed by atoms with van der Waals surface area (Å²) in [6.07, 6.45) is -6.49. The Morgan fingerprint density at radius 2 is 1.77 bits per heavy atom. The molecule has 144 valence electrons. The van der Waals surface area contributed by atoms with Crippen molar-refractivity contribution in [2.75, 3.05) is 31.1 Å². The molecule has 2 N–H and O–H groups in total. The zero-order valence-corrected chi connectivity index (χ0v) is 14.0. The Hall–Kier alpha value is -2.43. The molecule has 8 nitrogen and oxygen atoms in total. The van der Waals surface area contributed by atoms with Crippen LogP contribution in [0.4, 0.5) is 19.0 Å². The molecular weight excluding hydrogens is 357 g/mol. The van der Waals surface area contributed by atoms with Crippen LogP contribution in [0.1, 0.15) is 30.3 Å². The molecule has 1 aromatic heterocycles. The predicted molar refractivity (Wildman–Crippen MR) is 83.7 cm³/mol. The van der Waals surface area contributed by atoms with Crippen molar-refractivity contribution in [2.45, 2.75) is 31.5 Å². The molecule has 11 heteroatoms. The Balaban J connectivity index is 1.95. The van der Waals surface area contributed by atoms with Crippen LogP contribution in [0.25, 0.3) is 0 Å². The summed E-state index contributed by atoms with van der Waals surface area (Å²) in [6.45, 7) is 2.13. The number of hydrogen-bond acceptors (Lipinski definition) is 6. The molecule has 1 aromatic rings. The number of rotatable bonds is 5. The second-order valence-electron chi connectivity index (χ2n) is 6.01. The van der Waals surface area contributed by atoms with Crippen LogP contribution in [-0.2, 0) is 4.79 Å². The van der Waals surface area contributed by atoms with E-state index in [4.69, 9.17) is 5.11 Å². The average molecular weight is 376 g/mol. The van der Waals surface area contributed by atoms with Crippen molar-refractivity contribution in [1.29, 1.82) is 0 Å². The summed E-state index contributed by atoms with van der Waals surface area (Å²) >= 11 is 0. The molecule has 0 bridgehead atoms. The SMILES string of the molecule is CCC(O)(CC(=O)N1CCN(c2ccc(C(=O)O)nn2)CC1)C(F)(F)F. The fraction of sp³-hybridized carbons (Fsp3) is 0.600. The lowest BCUT2D eigenvalue weighted by molar-refractivity contribution is -0.262. The van der Waals surface area contributed by atoms with Gasteiger partial charge in [-0.25, -0.2) is 4.79 Å². The van der Waals surface area contributed by atoms with Gasteiger partial charge in [0.05, 0.1) is 6.42 Å². The minimum atomic E-state index is -4.87. The van der Waals surface area contributed by atoms with Gasteiger partial charge in [-0.15, -0.1) is 10.2 Å². The van der Waals surface area contributed by atoms with Crippen molar-refractivity contribution in [3.05, 3.63) is 17.8 Å². The number of alkyl halides is 3. The zero-order chi connectivity index (χ0) is 19.5. The molecule has 1 amide bonds. The summed E-state index contributed by atoms with van der Waals surface area (Å²) in [5.74, 6) is -1.55. The Bertz CT molecular complexity index is 660. The monoisotopic (exact) mass is 376 g/mol. The fourth-order valence-corrected chi connectivity index (χ4v) is 2.58. The zero-order valence-electron chi connectivity index (χ0n) is 14.0. The largest absolute Gasteiger partial charge is 0.476 e. The number of aromatic carboxylic acids is 1. The van der Waals surface area contributed by atoms with E-state index in [1.54, 1.807) is 4.90 Å². The van der Waals surface area contributed by atoms with Crippen LogP contribution in [0.5, 0.6) is 0 Å². The Kier molecular flexibility index (Phi) is 5.69. The first-order chi connectivity index (χ1) is 12.1. The highest BCUT2D eigenvalue weighted by atomic mass is 19.4. The maximum Gasteiger partial charge on any atom is 0.417 e. The predicted octanol–water partition coefficient (Wildman–Crippen LogP) is 0.917. The number of anilines is 1. The first-order valence-corrected chi connectivity index (χ1v) is 7.96. The third-order valence-corrected chi connectivity index (χ3v) is 4.38. The van der Waals surface area contributed by atoms with Crippen molar-refractivity contribution >= 4 is 17.7 Å². The molecular formula is C15H19F3N4O4. The molecule has 1 fully saturated rings. The molecule has 0 radical (unpaired) electrons. The average Bonchev–Trinajstić information content (AvgIpc) is 2.60. The van der Waals surface area contributed by atoms with E-state index < -0.39 is 36.5 Å². The summed E-state index contributed by atoms with van der Waals surface area (Å²) < 4.78 is 38.8. The van der Waals surface area contributed by atoms with E-state index in [9.17, 15) is 27.9 Å². The smallest absolute Gasteiger partial charge is 0.417 e. The van der Waals surface area contributed by atoms with Gasteiger partial charge in [-0.1, -0.05) is 6.92 Å². The number of amides is 1. The second-order valence-corrected chi connectivity index (χ2v) is 6.01. The lowest BCUT2D eigenvalue weighted by Gasteiger charge is -2.37. The molecule has 0 saturated carbocycles. The summed E-state index contributed by atoms with van der Waals surface area (Å²) in [5, 5.41) is 25.9. The molecule has 1 atom stereocenters. The van der Waals surface area contributed by atoms with E-state index in [-0.39, 0.29) is 18.8 Å². The molecule has 1 aliphatic rings. The van der Waals surface area contributed by atoms with Gasteiger partial charge in [-0.05, 0) is 18.6 Å². The van der Waals surface area contributed by atoms with Gasteiger partial charge >= 0.3 is 12.1 Å². The van der Waals surface area contributed by atoms with Crippen molar-refractivity contribution < 1.29 is 33.0 Å². The van der Waals surface area contributed by atoms with Crippen LogP contribution < -0.4 is 4.90 Å². The number of carboxylic acid groups (broad SMARTS) is 1. The van der Waals surface area contributed by atoms with Crippen molar-refractivity contribution in [3.8, 4) is 0 Å². The van der Waals surface area contributed by atoms with E-state index in [2.05, 4.69) is 10.2 Å². The number of carbonyl (C=O) groups is 2. The number of carboxylic acids is 1. The third-order valence-electron chi connectivity index (χ3n) is 4.38. The molecule has 1 saturated heterocycles. The minimum absolute atomic E-state index is 0.166. The highest BCUT2D eigenvalue weighted by Crippen LogP contribution is 2.36. The maximum absolute atomic E-state index is 12.9. The van der Waals surface area contributed by atoms with Crippen LogP contribution in [0.2, 0.25) is 0 Å². The molecule has 2 rings (SSSR count). The van der Waals surface area contributed by atoms with Gasteiger partial charge in [-0.3, -0.25) is 4.79 Å². The summed E-state index contributed by atoms with van der Waals surface area (Å²) in [6, 6.07) is 2.78. The lowest BCUT2D eigenvalue weighted by Crippen LogP contribution is -2.53. The topological polar surface area (TPSA) is 107 Å². The van der Waals surface area contributed by atoms with Crippen LogP contribution >= 0.6 is 0 Å². The van der Waals surface area contributed by atoms with Gasteiger partial charge in [0.2, 0.25) is 5.91 Å². The van der Waals surface area contributed by atoms with E-state index in [1.807, 2.05) is 0 Å². The lowest BCUT2D eigenvalue weighted by atomic mass is 9.95. The van der Waals surface area contributed by atoms with Gasteiger partial charge < -0.3 is 20.0 Å². The van der Waals surface area contributed by atoms with Crippen LogP contribution in [0.15, 0.2) is 12.1 Å². The number of carbonyl (C=O) groups excluding carboxylic acids is 1. The quantitative estimate of drug-likeness (QED) is 0.787. The molecule has 0 aromatic carbocycles. The highest BCUT2D eigenvalue weighted by molar-refractivity contribution is 5.85. The fourth-order valence-electron chi connectivity index (χ4n) is 2.58. The Morgan fingerprint density at radius 3 is 2.19 bits per heavy atom. The third kappa shape index (κ3) is 4.21. The Labute approximate surface area is 147 Å². The molecule has 2 heterocycles. The highest BCUT2D eigenvalue weighted by Gasteiger charge is 2.53. The van der Waals surface area contributed by atoms with E-state index in [0.29, 0.717) is 18.9 Å². The van der Waals surface area contributed by atoms with E-state index in [1.165, 1.54) is 24.0 Å². The molecule has 1 aliphatic heterocycles. The second kappa shape index (κ2) is 7.44. The van der Waals surface area contributed by atoms with Gasteiger partial charge in [0.25, 0.3) is 0 Å². The minimum Gasteiger partial charge on any atom is -0.476 e. The number of aliphatic hydroxyl groups is 1. The number of piperazine rings is 1. The number of nitrogens with zero attached hydrogens (tertiary/aromatic N) is 4. The molecule has 26 heavy (non-hydrogen) atoms. The van der Waals surface area contributed by atoms with Gasteiger partial charge in [0.1, 0.15) is 0 Å². The number of hydrogen-bond donors (Lipinski definition) is 2.